The lowest BCUT2D eigenvalue weighted by molar-refractivity contribution is -0.164. The molecule has 1 N–H and O–H groups in total. The van der Waals surface area contributed by atoms with Crippen molar-refractivity contribution in [2.75, 3.05) is 13.2 Å². The summed E-state index contributed by atoms with van der Waals surface area (Å²) in [5.74, 6) is -1.53. The van der Waals surface area contributed by atoms with Gasteiger partial charge < -0.3 is 15.0 Å². The van der Waals surface area contributed by atoms with Crippen molar-refractivity contribution in [2.45, 2.75) is 39.3 Å². The molecule has 2 heterocycles. The van der Waals surface area contributed by atoms with Gasteiger partial charge in [0.2, 0.25) is 15.6 Å². The van der Waals surface area contributed by atoms with E-state index in [0.29, 0.717) is 0 Å². The maximum atomic E-state index is 12.8. The Hall–Kier alpha value is -1.84. The fourth-order valence-electron chi connectivity index (χ4n) is 3.55. The molecule has 166 valence electrons. The molecule has 3 unspecified atom stereocenters. The maximum Gasteiger partial charge on any atom is 0.330 e. The molecule has 1 aromatic rings. The third-order valence-electron chi connectivity index (χ3n) is 4.90. The van der Waals surface area contributed by atoms with Crippen LogP contribution in [0.1, 0.15) is 12.5 Å². The number of hydrogen-bond acceptors (Lipinski definition) is 6. The smallest absolute Gasteiger partial charge is 0.330 e. The van der Waals surface area contributed by atoms with Crippen molar-refractivity contribution in [1.82, 2.24) is 10.2 Å². The van der Waals surface area contributed by atoms with Crippen LogP contribution in [0, 0.1) is 0 Å². The van der Waals surface area contributed by atoms with Gasteiger partial charge in [0.25, 0.3) is 0 Å². The molecule has 2 aliphatic heterocycles. The first-order chi connectivity index (χ1) is 14.6. The second kappa shape index (κ2) is 9.34. The number of esters is 1. The molecule has 2 saturated heterocycles. The predicted molar refractivity (Wildman–Crippen MR) is 118 cm³/mol. The second-order valence-corrected chi connectivity index (χ2v) is 11.5. The number of nitrogens with zero attached hydrogens (tertiary/aromatic N) is 4. The van der Waals surface area contributed by atoms with Crippen molar-refractivity contribution in [1.29, 1.82) is 0 Å². The molecular weight excluding hydrogens is 489 g/mol. The summed E-state index contributed by atoms with van der Waals surface area (Å²) in [4.78, 5) is 42.1. The van der Waals surface area contributed by atoms with Gasteiger partial charge in [-0.05, 0) is 18.0 Å². The minimum atomic E-state index is -1.81. The highest BCUT2D eigenvalue weighted by Gasteiger charge is 2.65. The number of carbonyl (C=O) groups is 3. The van der Waals surface area contributed by atoms with E-state index >= 15 is 0 Å². The number of amides is 2. The van der Waals surface area contributed by atoms with Gasteiger partial charge in [-0.3, -0.25) is 9.59 Å². The standard InChI is InChI=1S/C18H18Cl3N5O4S/c1-17(8-23-25-22)13(16(29)30-9-18(19,20)21)26-14(28)12(15(26)31-17)24-11(27)7-10-5-3-2-4-6-10/h2-6,12-13,15H,7-9H2,1H3,(H,24,27)/t12?,13?,15-,17?/m1/s1. The average molecular weight is 507 g/mol. The first-order valence-corrected chi connectivity index (χ1v) is 11.1. The van der Waals surface area contributed by atoms with Gasteiger partial charge in [0.15, 0.2) is 0 Å². The highest BCUT2D eigenvalue weighted by molar-refractivity contribution is 8.01. The monoisotopic (exact) mass is 505 g/mol. The molecule has 0 bridgehead atoms. The molecule has 2 amide bonds. The predicted octanol–water partition coefficient (Wildman–Crippen LogP) is 2.98. The van der Waals surface area contributed by atoms with E-state index in [2.05, 4.69) is 15.3 Å². The quantitative estimate of drug-likeness (QED) is 0.152. The fourth-order valence-corrected chi connectivity index (χ4v) is 5.40. The van der Waals surface area contributed by atoms with Crippen molar-refractivity contribution < 1.29 is 19.1 Å². The lowest BCUT2D eigenvalue weighted by Crippen LogP contribution is -2.71. The zero-order valence-corrected chi connectivity index (χ0v) is 19.3. The van der Waals surface area contributed by atoms with E-state index in [1.54, 1.807) is 6.92 Å². The van der Waals surface area contributed by atoms with Crippen LogP contribution in [0.3, 0.4) is 0 Å². The highest BCUT2D eigenvalue weighted by Crippen LogP contribution is 2.51. The van der Waals surface area contributed by atoms with E-state index in [9.17, 15) is 14.4 Å². The summed E-state index contributed by atoms with van der Waals surface area (Å²) in [5.41, 5.74) is 9.54. The summed E-state index contributed by atoms with van der Waals surface area (Å²) in [6.45, 7) is 1.11. The van der Waals surface area contributed by atoms with Gasteiger partial charge in [0.05, 0.1) is 11.2 Å². The van der Waals surface area contributed by atoms with Crippen LogP contribution in [0.4, 0.5) is 0 Å². The SMILES string of the molecule is CC1(CN=[N+]=[N-])S[C@@H]2C(NC(=O)Cc3ccccc3)C(=O)N2C1C(=O)OCC(Cl)(Cl)Cl. The van der Waals surface area contributed by atoms with Crippen molar-refractivity contribution in [3.63, 3.8) is 0 Å². The summed E-state index contributed by atoms with van der Waals surface area (Å²) >= 11 is 18.2. The van der Waals surface area contributed by atoms with Crippen molar-refractivity contribution >= 4 is 64.3 Å². The number of ether oxygens (including phenoxy) is 1. The summed E-state index contributed by atoms with van der Waals surface area (Å²) in [6, 6.07) is 7.24. The number of thioether (sulfide) groups is 1. The number of hydrogen-bond donors (Lipinski definition) is 1. The lowest BCUT2D eigenvalue weighted by atomic mass is 9.94. The number of azide groups is 1. The van der Waals surface area contributed by atoms with Gasteiger partial charge in [-0.2, -0.15) is 0 Å². The number of fused-ring (bicyclic) bond motifs is 1. The maximum absolute atomic E-state index is 12.8. The fraction of sp³-hybridized carbons (Fsp3) is 0.500. The minimum Gasteiger partial charge on any atom is -0.460 e. The molecule has 0 saturated carbocycles. The molecule has 3 rings (SSSR count). The molecule has 2 fully saturated rings. The minimum absolute atomic E-state index is 0.0767. The molecular formula is C18H18Cl3N5O4S. The van der Waals surface area contributed by atoms with E-state index < -0.39 is 44.5 Å². The van der Waals surface area contributed by atoms with Crippen LogP contribution in [0.15, 0.2) is 35.4 Å². The molecule has 4 atom stereocenters. The topological polar surface area (TPSA) is 124 Å². The molecule has 1 aromatic carbocycles. The first-order valence-electron chi connectivity index (χ1n) is 9.13. The number of carbonyl (C=O) groups excluding carboxylic acids is 3. The number of halogens is 3. The number of alkyl halides is 3. The summed E-state index contributed by atoms with van der Waals surface area (Å²) in [7, 11) is 0. The zero-order valence-electron chi connectivity index (χ0n) is 16.2. The Morgan fingerprint density at radius 2 is 2.03 bits per heavy atom. The van der Waals surface area contributed by atoms with E-state index in [4.69, 9.17) is 45.1 Å². The number of β-lactam (4-membered cyclic amide) rings is 1. The molecule has 13 heteroatoms. The van der Waals surface area contributed by atoms with Gasteiger partial charge in [-0.25, -0.2) is 4.79 Å². The van der Waals surface area contributed by atoms with E-state index in [0.717, 1.165) is 5.56 Å². The van der Waals surface area contributed by atoms with Crippen LogP contribution in [0.25, 0.3) is 10.4 Å². The largest absolute Gasteiger partial charge is 0.460 e. The van der Waals surface area contributed by atoms with Gasteiger partial charge in [0.1, 0.15) is 24.1 Å². The van der Waals surface area contributed by atoms with Crippen LogP contribution in [0.5, 0.6) is 0 Å². The Bertz CT molecular complexity index is 925. The van der Waals surface area contributed by atoms with E-state index in [-0.39, 0.29) is 18.9 Å². The molecule has 0 aromatic heterocycles. The van der Waals surface area contributed by atoms with Gasteiger partial charge in [0, 0.05) is 11.5 Å². The van der Waals surface area contributed by atoms with Crippen LogP contribution in [0.2, 0.25) is 0 Å². The molecule has 0 radical (unpaired) electrons. The summed E-state index contributed by atoms with van der Waals surface area (Å²) in [5, 5.41) is 5.79. The number of nitrogens with one attached hydrogen (secondary N) is 1. The van der Waals surface area contributed by atoms with E-state index in [1.807, 2.05) is 30.3 Å². The van der Waals surface area contributed by atoms with Crippen molar-refractivity contribution in [2.24, 2.45) is 5.11 Å². The lowest BCUT2D eigenvalue weighted by Gasteiger charge is -2.44. The summed E-state index contributed by atoms with van der Waals surface area (Å²) in [6.07, 6.45) is 0.118. The van der Waals surface area contributed by atoms with Crippen molar-refractivity contribution in [3.8, 4) is 0 Å². The Morgan fingerprint density at radius 1 is 1.35 bits per heavy atom. The highest BCUT2D eigenvalue weighted by atomic mass is 35.6. The average Bonchev–Trinajstić information content (AvgIpc) is 2.99. The van der Waals surface area contributed by atoms with Gasteiger partial charge >= 0.3 is 5.97 Å². The Labute approximate surface area is 197 Å². The van der Waals surface area contributed by atoms with Crippen LogP contribution >= 0.6 is 46.6 Å². The normalized spacial score (nSPS) is 27.0. The Morgan fingerprint density at radius 3 is 2.65 bits per heavy atom. The number of rotatable bonds is 7. The van der Waals surface area contributed by atoms with Crippen molar-refractivity contribution in [3.05, 3.63) is 46.3 Å². The molecule has 2 aliphatic rings. The second-order valence-electron chi connectivity index (χ2n) is 7.29. The first kappa shape index (κ1) is 23.8. The Balaban J connectivity index is 1.73. The molecule has 31 heavy (non-hydrogen) atoms. The van der Waals surface area contributed by atoms with Crippen LogP contribution < -0.4 is 5.32 Å². The Kier molecular flexibility index (Phi) is 7.18. The third kappa shape index (κ3) is 5.32. The number of benzene rings is 1. The molecule has 0 spiro atoms. The third-order valence-corrected chi connectivity index (χ3v) is 6.86. The van der Waals surface area contributed by atoms with Crippen LogP contribution in [-0.2, 0) is 25.5 Å². The molecule has 9 nitrogen and oxygen atoms in total. The van der Waals surface area contributed by atoms with Crippen LogP contribution in [-0.4, -0.2) is 61.8 Å². The van der Waals surface area contributed by atoms with Gasteiger partial charge in [-0.15, -0.1) is 11.8 Å². The summed E-state index contributed by atoms with van der Waals surface area (Å²) < 4.78 is 2.31. The van der Waals surface area contributed by atoms with Gasteiger partial charge in [-0.1, -0.05) is 70.2 Å². The molecule has 0 aliphatic carbocycles. The zero-order chi connectivity index (χ0) is 22.8. The van der Waals surface area contributed by atoms with E-state index in [1.165, 1.54) is 16.7 Å².